The summed E-state index contributed by atoms with van der Waals surface area (Å²) in [6.07, 6.45) is 2.26. The summed E-state index contributed by atoms with van der Waals surface area (Å²) in [5.41, 5.74) is 2.68. The van der Waals surface area contributed by atoms with Crippen LogP contribution in [0.15, 0.2) is 24.3 Å². The van der Waals surface area contributed by atoms with Crippen LogP contribution in [0.5, 0.6) is 0 Å². The molecule has 0 saturated carbocycles. The van der Waals surface area contributed by atoms with Gasteiger partial charge in [-0.3, -0.25) is 9.69 Å². The van der Waals surface area contributed by atoms with Crippen molar-refractivity contribution in [3.05, 3.63) is 35.4 Å². The van der Waals surface area contributed by atoms with Gasteiger partial charge in [-0.2, -0.15) is 0 Å². The number of carbonyl (C=O) groups excluding carboxylic acids is 1. The van der Waals surface area contributed by atoms with Crippen molar-refractivity contribution in [2.24, 2.45) is 5.92 Å². The smallest absolute Gasteiger partial charge is 0.308 e. The van der Waals surface area contributed by atoms with Gasteiger partial charge in [0.15, 0.2) is 0 Å². The van der Waals surface area contributed by atoms with Gasteiger partial charge < -0.3 is 15.2 Å². The van der Waals surface area contributed by atoms with E-state index in [0.29, 0.717) is 18.4 Å². The molecule has 4 unspecified atom stereocenters. The average Bonchev–Trinajstić information content (AvgIpc) is 2.75. The fourth-order valence-corrected chi connectivity index (χ4v) is 3.98. The molecule has 1 aromatic rings. The highest BCUT2D eigenvalue weighted by Crippen LogP contribution is 2.30. The fraction of sp³-hybridized carbons (Fsp3) is 0.708. The van der Waals surface area contributed by atoms with Crippen LogP contribution in [0.2, 0.25) is 0 Å². The number of benzene rings is 1. The third-order valence-corrected chi connectivity index (χ3v) is 6.19. The summed E-state index contributed by atoms with van der Waals surface area (Å²) in [4.78, 5) is 14.7. The minimum absolute atomic E-state index is 0.0768. The molecule has 0 aromatic heterocycles. The first-order valence-electron chi connectivity index (χ1n) is 11.3. The van der Waals surface area contributed by atoms with Gasteiger partial charge in [-0.15, -0.1) is 0 Å². The number of ether oxygens (including phenoxy) is 1. The number of esters is 1. The molecular weight excluding hydrogens is 364 g/mol. The number of piperazine rings is 1. The Kier molecular flexibility index (Phi) is 10.1. The number of aliphatic hydroxyl groups excluding tert-OH is 1. The quantitative estimate of drug-likeness (QED) is 0.553. The molecule has 2 N–H and O–H groups in total. The van der Waals surface area contributed by atoms with Crippen LogP contribution in [0.25, 0.3) is 0 Å². The molecule has 1 fully saturated rings. The minimum Gasteiger partial charge on any atom is -0.463 e. The maximum Gasteiger partial charge on any atom is 0.308 e. The maximum atomic E-state index is 12.5. The zero-order valence-electron chi connectivity index (χ0n) is 18.7. The van der Waals surface area contributed by atoms with Crippen LogP contribution < -0.4 is 5.32 Å². The molecule has 1 aromatic carbocycles. The Morgan fingerprint density at radius 2 is 1.86 bits per heavy atom. The van der Waals surface area contributed by atoms with Crippen LogP contribution in [0.3, 0.4) is 0 Å². The van der Waals surface area contributed by atoms with Crippen LogP contribution in [0, 0.1) is 5.92 Å². The number of hydrogen-bond acceptors (Lipinski definition) is 5. The molecule has 5 nitrogen and oxygen atoms in total. The molecule has 1 saturated heterocycles. The molecule has 0 aliphatic carbocycles. The molecule has 0 spiro atoms. The highest BCUT2D eigenvalue weighted by atomic mass is 16.5. The molecule has 1 aliphatic rings. The molecular formula is C24H40N2O3. The predicted octanol–water partition coefficient (Wildman–Crippen LogP) is 3.53. The third-order valence-electron chi connectivity index (χ3n) is 6.19. The Hall–Kier alpha value is -1.43. The van der Waals surface area contributed by atoms with Crippen molar-refractivity contribution in [1.29, 1.82) is 0 Å². The summed E-state index contributed by atoms with van der Waals surface area (Å²) in [7, 11) is 0. The van der Waals surface area contributed by atoms with E-state index in [4.69, 9.17) is 4.74 Å². The van der Waals surface area contributed by atoms with Crippen LogP contribution in [0.1, 0.15) is 69.9 Å². The molecule has 29 heavy (non-hydrogen) atoms. The molecule has 164 valence electrons. The van der Waals surface area contributed by atoms with Crippen molar-refractivity contribution in [3.63, 3.8) is 0 Å². The summed E-state index contributed by atoms with van der Waals surface area (Å²) >= 11 is 0. The highest BCUT2D eigenvalue weighted by molar-refractivity contribution is 5.72. The molecule has 0 radical (unpaired) electrons. The zero-order chi connectivity index (χ0) is 21.2. The lowest BCUT2D eigenvalue weighted by Gasteiger charge is -2.29. The third kappa shape index (κ3) is 7.72. The van der Waals surface area contributed by atoms with Gasteiger partial charge in [-0.05, 0) is 42.2 Å². The second kappa shape index (κ2) is 12.3. The molecule has 1 heterocycles. The number of nitrogens with one attached hydrogen (secondary N) is 1. The number of aliphatic hydroxyl groups is 1. The monoisotopic (exact) mass is 404 g/mol. The van der Waals surface area contributed by atoms with Gasteiger partial charge in [0.05, 0.1) is 5.92 Å². The van der Waals surface area contributed by atoms with E-state index in [-0.39, 0.29) is 18.5 Å². The lowest BCUT2D eigenvalue weighted by atomic mass is 9.85. The Morgan fingerprint density at radius 3 is 2.52 bits per heavy atom. The number of carbonyl (C=O) groups is 1. The first-order valence-corrected chi connectivity index (χ1v) is 11.3. The molecule has 4 atom stereocenters. The predicted molar refractivity (Wildman–Crippen MR) is 118 cm³/mol. The summed E-state index contributed by atoms with van der Waals surface area (Å²) in [5.74, 6) is 0.499. The van der Waals surface area contributed by atoms with Gasteiger partial charge in [-0.1, -0.05) is 52.0 Å². The van der Waals surface area contributed by atoms with E-state index >= 15 is 0 Å². The Morgan fingerprint density at radius 1 is 1.17 bits per heavy atom. The van der Waals surface area contributed by atoms with Crippen molar-refractivity contribution in [1.82, 2.24) is 10.2 Å². The van der Waals surface area contributed by atoms with Gasteiger partial charge >= 0.3 is 5.97 Å². The standard InChI is InChI=1S/C24H40N2O3/c1-5-18(3)21-8-7-9-22(15-21)20(6-2)14-19(4)24(28)29-17-23(27)16-26-12-10-25-11-13-26/h7-9,15,18-20,23,25,27H,5-6,10-14,16-17H2,1-4H3. The number of nitrogens with zero attached hydrogens (tertiary/aromatic N) is 1. The molecule has 0 amide bonds. The topological polar surface area (TPSA) is 61.8 Å². The van der Waals surface area contributed by atoms with Gasteiger partial charge in [0.1, 0.15) is 12.7 Å². The second-order valence-electron chi connectivity index (χ2n) is 8.56. The molecule has 0 bridgehead atoms. The van der Waals surface area contributed by atoms with E-state index in [2.05, 4.69) is 55.3 Å². The Balaban J connectivity index is 1.83. The maximum absolute atomic E-state index is 12.5. The lowest BCUT2D eigenvalue weighted by molar-refractivity contribution is -0.151. The van der Waals surface area contributed by atoms with Crippen LogP contribution in [-0.2, 0) is 9.53 Å². The zero-order valence-corrected chi connectivity index (χ0v) is 18.7. The normalized spacial score (nSPS) is 19.3. The summed E-state index contributed by atoms with van der Waals surface area (Å²) in [6, 6.07) is 8.81. The van der Waals surface area contributed by atoms with Gasteiger partial charge in [0, 0.05) is 32.7 Å². The van der Waals surface area contributed by atoms with Crippen molar-refractivity contribution in [2.75, 3.05) is 39.3 Å². The lowest BCUT2D eigenvalue weighted by Crippen LogP contribution is -2.47. The summed E-state index contributed by atoms with van der Waals surface area (Å²) in [6.45, 7) is 13.0. The van der Waals surface area contributed by atoms with Crippen molar-refractivity contribution >= 4 is 5.97 Å². The van der Waals surface area contributed by atoms with Crippen LogP contribution in [0.4, 0.5) is 0 Å². The first kappa shape index (κ1) is 23.8. The van der Waals surface area contributed by atoms with Crippen LogP contribution >= 0.6 is 0 Å². The first-order chi connectivity index (χ1) is 13.9. The van der Waals surface area contributed by atoms with Crippen molar-refractivity contribution in [3.8, 4) is 0 Å². The SMILES string of the molecule is CCC(C)c1cccc(C(CC)CC(C)C(=O)OCC(O)CN2CCNCC2)c1. The van der Waals surface area contributed by atoms with Gasteiger partial charge in [0.2, 0.25) is 0 Å². The van der Waals surface area contributed by atoms with E-state index in [9.17, 15) is 9.90 Å². The number of β-amino-alcohol motifs (C(OH)–C–C–N with tert-alkyl or cyclic N) is 1. The van der Waals surface area contributed by atoms with E-state index in [1.54, 1.807) is 0 Å². The van der Waals surface area contributed by atoms with Gasteiger partial charge in [-0.25, -0.2) is 0 Å². The minimum atomic E-state index is -0.626. The summed E-state index contributed by atoms with van der Waals surface area (Å²) in [5, 5.41) is 13.5. The number of hydrogen-bond donors (Lipinski definition) is 2. The van der Waals surface area contributed by atoms with E-state index < -0.39 is 6.10 Å². The Labute approximate surface area is 176 Å². The molecule has 2 rings (SSSR count). The number of rotatable bonds is 11. The second-order valence-corrected chi connectivity index (χ2v) is 8.56. The summed E-state index contributed by atoms with van der Waals surface area (Å²) < 4.78 is 5.44. The van der Waals surface area contributed by atoms with Crippen LogP contribution in [-0.4, -0.2) is 61.4 Å². The van der Waals surface area contributed by atoms with Crippen molar-refractivity contribution < 1.29 is 14.6 Å². The Bertz CT molecular complexity index is 616. The van der Waals surface area contributed by atoms with E-state index in [0.717, 1.165) is 45.4 Å². The molecule has 5 heteroatoms. The largest absolute Gasteiger partial charge is 0.463 e. The fourth-order valence-electron chi connectivity index (χ4n) is 3.98. The van der Waals surface area contributed by atoms with E-state index in [1.807, 2.05) is 6.92 Å². The average molecular weight is 405 g/mol. The van der Waals surface area contributed by atoms with Crippen molar-refractivity contribution in [2.45, 2.75) is 64.9 Å². The van der Waals surface area contributed by atoms with Gasteiger partial charge in [0.25, 0.3) is 0 Å². The highest BCUT2D eigenvalue weighted by Gasteiger charge is 2.22. The molecule has 1 aliphatic heterocycles. The van der Waals surface area contributed by atoms with E-state index in [1.165, 1.54) is 11.1 Å².